The summed E-state index contributed by atoms with van der Waals surface area (Å²) in [5, 5.41) is 5.30. The van der Waals surface area contributed by atoms with Crippen molar-refractivity contribution < 1.29 is 14.3 Å². The molecule has 0 aromatic heterocycles. The van der Waals surface area contributed by atoms with Crippen LogP contribution >= 0.6 is 0 Å². The molecule has 1 heterocycles. The second-order valence-corrected chi connectivity index (χ2v) is 7.23. The van der Waals surface area contributed by atoms with E-state index in [2.05, 4.69) is 17.3 Å². The number of ether oxygens (including phenoxy) is 1. The quantitative estimate of drug-likeness (QED) is 0.487. The van der Waals surface area contributed by atoms with Crippen LogP contribution in [0, 0.1) is 29.1 Å². The highest BCUT2D eigenvalue weighted by Gasteiger charge is 2.73. The van der Waals surface area contributed by atoms with Crippen LogP contribution < -0.4 is 4.74 Å². The summed E-state index contributed by atoms with van der Waals surface area (Å²) in [4.78, 5) is 25.5. The van der Waals surface area contributed by atoms with Gasteiger partial charge in [-0.15, -0.1) is 0 Å². The minimum atomic E-state index is -0.192. The van der Waals surface area contributed by atoms with Gasteiger partial charge in [-0.25, -0.2) is 0 Å². The molecule has 4 aliphatic rings. The molecule has 1 saturated heterocycles. The lowest BCUT2D eigenvalue weighted by Crippen LogP contribution is -2.30. The number of hydrogen-bond acceptors (Lipinski definition) is 4. The van der Waals surface area contributed by atoms with Crippen molar-refractivity contribution in [2.45, 2.75) is 12.8 Å². The molecular weight excluding hydrogens is 304 g/mol. The molecule has 3 aliphatic carbocycles. The van der Waals surface area contributed by atoms with Crippen LogP contribution in [0.5, 0.6) is 5.75 Å². The van der Waals surface area contributed by atoms with E-state index in [9.17, 15) is 9.59 Å². The van der Waals surface area contributed by atoms with Gasteiger partial charge >= 0.3 is 0 Å². The fourth-order valence-corrected chi connectivity index (χ4v) is 4.99. The summed E-state index contributed by atoms with van der Waals surface area (Å²) in [5.74, 6) is 0.601. The summed E-state index contributed by atoms with van der Waals surface area (Å²) in [5.41, 5.74) is 1.06. The van der Waals surface area contributed by atoms with E-state index in [1.165, 1.54) is 0 Å². The fourth-order valence-electron chi connectivity index (χ4n) is 4.99. The van der Waals surface area contributed by atoms with Crippen LogP contribution in [0.15, 0.2) is 41.5 Å². The standard InChI is InChI=1S/C19H18N2O3/c1-24-12-4-2-11(3-5-12)10-20-21-17(22)15-13-6-7-14(16(15)18(21)23)19(13)8-9-19/h2-7,10,13-16H,8-9H2,1H3/b20-10-/t13-,14-,15+,16+/m1/s1. The van der Waals surface area contributed by atoms with Crippen molar-refractivity contribution in [3.8, 4) is 5.75 Å². The van der Waals surface area contributed by atoms with Crippen molar-refractivity contribution in [1.29, 1.82) is 0 Å². The van der Waals surface area contributed by atoms with Gasteiger partial charge in [-0.3, -0.25) is 9.59 Å². The van der Waals surface area contributed by atoms with Crippen LogP contribution in [0.1, 0.15) is 18.4 Å². The molecule has 1 aromatic carbocycles. The Hall–Kier alpha value is -2.43. The van der Waals surface area contributed by atoms with Crippen LogP contribution in [0.3, 0.4) is 0 Å². The molecule has 122 valence electrons. The molecule has 1 aromatic rings. The van der Waals surface area contributed by atoms with Gasteiger partial charge in [0.15, 0.2) is 0 Å². The SMILES string of the molecule is COc1ccc(/C=N\N2C(=O)[C@@H]3[C@@H](C2=O)[C@H]2C=C[C@H]3C23CC3)cc1. The molecule has 4 atom stereocenters. The second kappa shape index (κ2) is 4.56. The van der Waals surface area contributed by atoms with Crippen molar-refractivity contribution in [3.05, 3.63) is 42.0 Å². The largest absolute Gasteiger partial charge is 0.497 e. The monoisotopic (exact) mass is 322 g/mol. The minimum absolute atomic E-state index is 0.127. The third-order valence-electron chi connectivity index (χ3n) is 6.27. The van der Waals surface area contributed by atoms with Gasteiger partial charge in [0.05, 0.1) is 25.2 Å². The van der Waals surface area contributed by atoms with Crippen molar-refractivity contribution in [2.24, 2.45) is 34.2 Å². The fraction of sp³-hybridized carbons (Fsp3) is 0.421. The Morgan fingerprint density at radius 1 is 1.08 bits per heavy atom. The maximum Gasteiger partial charge on any atom is 0.254 e. The number of fused-ring (bicyclic) bond motifs is 3. The van der Waals surface area contributed by atoms with Crippen molar-refractivity contribution >= 4 is 18.0 Å². The Bertz CT molecular complexity index is 757. The van der Waals surface area contributed by atoms with Gasteiger partial charge < -0.3 is 4.74 Å². The molecule has 5 rings (SSSR count). The highest BCUT2D eigenvalue weighted by Crippen LogP contribution is 2.73. The highest BCUT2D eigenvalue weighted by molar-refractivity contribution is 6.07. The molecule has 1 aliphatic heterocycles. The molecule has 2 bridgehead atoms. The third-order valence-corrected chi connectivity index (χ3v) is 6.27. The van der Waals surface area contributed by atoms with E-state index in [-0.39, 0.29) is 40.9 Å². The molecule has 2 saturated carbocycles. The molecule has 0 radical (unpaired) electrons. The molecule has 5 heteroatoms. The number of methoxy groups -OCH3 is 1. The van der Waals surface area contributed by atoms with Gasteiger partial charge in [0.2, 0.25) is 0 Å². The Morgan fingerprint density at radius 2 is 1.67 bits per heavy atom. The summed E-state index contributed by atoms with van der Waals surface area (Å²) in [7, 11) is 1.61. The van der Waals surface area contributed by atoms with E-state index in [0.717, 1.165) is 29.2 Å². The van der Waals surface area contributed by atoms with Crippen molar-refractivity contribution in [1.82, 2.24) is 5.01 Å². The molecule has 24 heavy (non-hydrogen) atoms. The van der Waals surface area contributed by atoms with Crippen LogP contribution in [-0.4, -0.2) is 30.1 Å². The maximum absolute atomic E-state index is 12.8. The lowest BCUT2D eigenvalue weighted by Gasteiger charge is -2.18. The van der Waals surface area contributed by atoms with Crippen molar-refractivity contribution in [3.63, 3.8) is 0 Å². The van der Waals surface area contributed by atoms with E-state index in [0.29, 0.717) is 0 Å². The predicted octanol–water partition coefficient (Wildman–Crippen LogP) is 2.23. The van der Waals surface area contributed by atoms with Crippen molar-refractivity contribution in [2.75, 3.05) is 7.11 Å². The average Bonchev–Trinajstić information content (AvgIpc) is 3.21. The topological polar surface area (TPSA) is 59.0 Å². The molecular formula is C19H18N2O3. The molecule has 5 nitrogen and oxygen atoms in total. The highest BCUT2D eigenvalue weighted by atomic mass is 16.5. The second-order valence-electron chi connectivity index (χ2n) is 7.23. The Labute approximate surface area is 140 Å². The van der Waals surface area contributed by atoms with E-state index in [1.54, 1.807) is 13.3 Å². The van der Waals surface area contributed by atoms with Gasteiger partial charge in [0, 0.05) is 0 Å². The first-order chi connectivity index (χ1) is 11.7. The first-order valence-electron chi connectivity index (χ1n) is 8.40. The summed E-state index contributed by atoms with van der Waals surface area (Å²) < 4.78 is 5.12. The summed E-state index contributed by atoms with van der Waals surface area (Å²) in [6.45, 7) is 0. The van der Waals surface area contributed by atoms with Gasteiger partial charge in [-0.05, 0) is 59.9 Å². The molecule has 1 spiro atoms. The zero-order valence-corrected chi connectivity index (χ0v) is 13.4. The number of rotatable bonds is 3. The van der Waals surface area contributed by atoms with Crippen LogP contribution in [0.2, 0.25) is 0 Å². The molecule has 2 amide bonds. The van der Waals surface area contributed by atoms with Crippen LogP contribution in [-0.2, 0) is 9.59 Å². The number of amides is 2. The number of benzene rings is 1. The molecule has 3 fully saturated rings. The number of nitrogens with zero attached hydrogens (tertiary/aromatic N) is 2. The Morgan fingerprint density at radius 3 is 2.17 bits per heavy atom. The third kappa shape index (κ3) is 1.62. The van der Waals surface area contributed by atoms with Gasteiger partial charge in [0.1, 0.15) is 5.75 Å². The lowest BCUT2D eigenvalue weighted by molar-refractivity contribution is -0.141. The summed E-state index contributed by atoms with van der Waals surface area (Å²) in [6, 6.07) is 7.34. The maximum atomic E-state index is 12.8. The smallest absolute Gasteiger partial charge is 0.254 e. The zero-order valence-electron chi connectivity index (χ0n) is 13.4. The van der Waals surface area contributed by atoms with Crippen LogP contribution in [0.25, 0.3) is 0 Å². The number of carbonyl (C=O) groups excluding carboxylic acids is 2. The normalized spacial score (nSPS) is 34.6. The predicted molar refractivity (Wildman–Crippen MR) is 87.2 cm³/mol. The molecule has 0 N–H and O–H groups in total. The van der Waals surface area contributed by atoms with E-state index in [4.69, 9.17) is 4.74 Å². The first kappa shape index (κ1) is 14.0. The van der Waals surface area contributed by atoms with Gasteiger partial charge in [-0.2, -0.15) is 10.1 Å². The van der Waals surface area contributed by atoms with Crippen LogP contribution in [0.4, 0.5) is 0 Å². The number of hydrogen-bond donors (Lipinski definition) is 0. The van der Waals surface area contributed by atoms with Gasteiger partial charge in [-0.1, -0.05) is 12.2 Å². The van der Waals surface area contributed by atoms with E-state index >= 15 is 0 Å². The zero-order chi connectivity index (χ0) is 16.5. The summed E-state index contributed by atoms with van der Waals surface area (Å²) >= 11 is 0. The van der Waals surface area contributed by atoms with Gasteiger partial charge in [0.25, 0.3) is 11.8 Å². The number of imide groups is 1. The Kier molecular flexibility index (Phi) is 2.65. The lowest BCUT2D eigenvalue weighted by atomic mass is 9.85. The van der Waals surface area contributed by atoms with E-state index in [1.807, 2.05) is 24.3 Å². The number of allylic oxidation sites excluding steroid dienone is 2. The average molecular weight is 322 g/mol. The number of hydrazone groups is 1. The minimum Gasteiger partial charge on any atom is -0.497 e. The first-order valence-corrected chi connectivity index (χ1v) is 8.40. The Balaban J connectivity index is 1.40. The van der Waals surface area contributed by atoms with E-state index < -0.39 is 0 Å². The summed E-state index contributed by atoms with van der Waals surface area (Å²) in [6.07, 6.45) is 8.20. The number of carbonyl (C=O) groups is 2. The molecule has 0 unspecified atom stereocenters.